The second-order valence-corrected chi connectivity index (χ2v) is 7.89. The minimum atomic E-state index is -0.604. The van der Waals surface area contributed by atoms with E-state index in [0.29, 0.717) is 28.7 Å². The highest BCUT2D eigenvalue weighted by atomic mass is 79.9. The largest absolute Gasteiger partial charge is 0.355 e. The normalized spacial score (nSPS) is 11.7. The standard InChI is InChI=1S/C20H21BrCl2N2O2/c1-3-24-20(27)13(2)25(12-14-4-7-16(21)8-5-14)19(26)10-15-6-9-17(22)11-18(15)23/h4-9,11,13H,3,10,12H2,1-2H3,(H,24,27). The number of carbonyl (C=O) groups excluding carboxylic acids is 2. The molecule has 0 saturated carbocycles. The third kappa shape index (κ3) is 6.23. The van der Waals surface area contributed by atoms with Gasteiger partial charge in [0.1, 0.15) is 6.04 Å². The van der Waals surface area contributed by atoms with Crippen molar-refractivity contribution in [1.82, 2.24) is 10.2 Å². The summed E-state index contributed by atoms with van der Waals surface area (Å²) in [5, 5.41) is 3.72. The molecule has 4 nitrogen and oxygen atoms in total. The molecule has 0 aromatic heterocycles. The lowest BCUT2D eigenvalue weighted by atomic mass is 10.1. The van der Waals surface area contributed by atoms with Crippen LogP contribution in [0, 0.1) is 0 Å². The molecule has 0 heterocycles. The van der Waals surface area contributed by atoms with E-state index in [0.717, 1.165) is 10.0 Å². The van der Waals surface area contributed by atoms with E-state index in [9.17, 15) is 9.59 Å². The smallest absolute Gasteiger partial charge is 0.242 e. The zero-order valence-corrected chi connectivity index (χ0v) is 18.2. The molecule has 2 aromatic carbocycles. The Bertz CT molecular complexity index is 812. The zero-order valence-electron chi connectivity index (χ0n) is 15.1. The van der Waals surface area contributed by atoms with Crippen LogP contribution in [-0.2, 0) is 22.6 Å². The van der Waals surface area contributed by atoms with Crippen molar-refractivity contribution in [2.75, 3.05) is 6.54 Å². The summed E-state index contributed by atoms with van der Waals surface area (Å²) in [7, 11) is 0. The SMILES string of the molecule is CCNC(=O)C(C)N(Cc1ccc(Br)cc1)C(=O)Cc1ccc(Cl)cc1Cl. The van der Waals surface area contributed by atoms with Gasteiger partial charge in [0.15, 0.2) is 0 Å². The van der Waals surface area contributed by atoms with Gasteiger partial charge >= 0.3 is 0 Å². The van der Waals surface area contributed by atoms with Crippen molar-refractivity contribution in [2.24, 2.45) is 0 Å². The van der Waals surface area contributed by atoms with Gasteiger partial charge < -0.3 is 10.2 Å². The van der Waals surface area contributed by atoms with E-state index < -0.39 is 6.04 Å². The van der Waals surface area contributed by atoms with Gasteiger partial charge in [-0.1, -0.05) is 57.3 Å². The van der Waals surface area contributed by atoms with Crippen LogP contribution in [0.3, 0.4) is 0 Å². The molecule has 0 bridgehead atoms. The monoisotopic (exact) mass is 470 g/mol. The topological polar surface area (TPSA) is 49.4 Å². The summed E-state index contributed by atoms with van der Waals surface area (Å²) < 4.78 is 0.953. The van der Waals surface area contributed by atoms with Crippen LogP contribution in [0.4, 0.5) is 0 Å². The molecular formula is C20H21BrCl2N2O2. The highest BCUT2D eigenvalue weighted by Crippen LogP contribution is 2.23. The summed E-state index contributed by atoms with van der Waals surface area (Å²) in [5.41, 5.74) is 1.61. The number of carbonyl (C=O) groups is 2. The highest BCUT2D eigenvalue weighted by molar-refractivity contribution is 9.10. The Morgan fingerprint density at radius 2 is 1.81 bits per heavy atom. The highest BCUT2D eigenvalue weighted by Gasteiger charge is 2.26. The van der Waals surface area contributed by atoms with Gasteiger partial charge in [-0.15, -0.1) is 0 Å². The van der Waals surface area contributed by atoms with Crippen molar-refractivity contribution in [3.8, 4) is 0 Å². The fourth-order valence-electron chi connectivity index (χ4n) is 2.62. The number of hydrogen-bond donors (Lipinski definition) is 1. The molecule has 0 fully saturated rings. The van der Waals surface area contributed by atoms with Crippen molar-refractivity contribution >= 4 is 50.9 Å². The summed E-state index contributed by atoms with van der Waals surface area (Å²) in [6.07, 6.45) is 0.0935. The van der Waals surface area contributed by atoms with Crippen LogP contribution in [0.1, 0.15) is 25.0 Å². The number of nitrogens with one attached hydrogen (secondary N) is 1. The Morgan fingerprint density at radius 3 is 2.41 bits per heavy atom. The molecule has 0 aliphatic rings. The molecule has 7 heteroatoms. The molecular weight excluding hydrogens is 451 g/mol. The molecule has 1 N–H and O–H groups in total. The number of rotatable bonds is 7. The molecule has 1 atom stereocenters. The predicted molar refractivity (Wildman–Crippen MR) is 113 cm³/mol. The second-order valence-electron chi connectivity index (χ2n) is 6.13. The number of hydrogen-bond acceptors (Lipinski definition) is 2. The average Bonchev–Trinajstić information content (AvgIpc) is 2.63. The minimum absolute atomic E-state index is 0.0935. The van der Waals surface area contributed by atoms with E-state index in [1.807, 2.05) is 31.2 Å². The van der Waals surface area contributed by atoms with Crippen LogP contribution < -0.4 is 5.32 Å². The van der Waals surface area contributed by atoms with Crippen molar-refractivity contribution < 1.29 is 9.59 Å². The van der Waals surface area contributed by atoms with Crippen LogP contribution in [0.2, 0.25) is 10.0 Å². The summed E-state index contributed by atoms with van der Waals surface area (Å²) >= 11 is 15.5. The maximum atomic E-state index is 13.0. The van der Waals surface area contributed by atoms with Crippen molar-refractivity contribution in [3.05, 3.63) is 68.1 Å². The first-order valence-corrected chi connectivity index (χ1v) is 10.1. The van der Waals surface area contributed by atoms with Gasteiger partial charge in [-0.3, -0.25) is 9.59 Å². The maximum Gasteiger partial charge on any atom is 0.242 e. The van der Waals surface area contributed by atoms with E-state index >= 15 is 0 Å². The van der Waals surface area contributed by atoms with Gasteiger partial charge in [-0.25, -0.2) is 0 Å². The molecule has 27 heavy (non-hydrogen) atoms. The van der Waals surface area contributed by atoms with Crippen molar-refractivity contribution in [3.63, 3.8) is 0 Å². The lowest BCUT2D eigenvalue weighted by molar-refractivity contribution is -0.140. The van der Waals surface area contributed by atoms with Crippen LogP contribution in [-0.4, -0.2) is 29.3 Å². The number of benzene rings is 2. The second kappa shape index (κ2) is 10.1. The van der Waals surface area contributed by atoms with Gasteiger partial charge in [-0.2, -0.15) is 0 Å². The van der Waals surface area contributed by atoms with E-state index in [1.54, 1.807) is 30.0 Å². The van der Waals surface area contributed by atoms with E-state index in [4.69, 9.17) is 23.2 Å². The Kier molecular flexibility index (Phi) is 8.14. The van der Waals surface area contributed by atoms with E-state index in [2.05, 4.69) is 21.2 Å². The van der Waals surface area contributed by atoms with Crippen LogP contribution in [0.15, 0.2) is 46.9 Å². The van der Waals surface area contributed by atoms with Gasteiger partial charge in [0.25, 0.3) is 0 Å². The number of likely N-dealkylation sites (N-methyl/N-ethyl adjacent to an activating group) is 1. The third-order valence-corrected chi connectivity index (χ3v) is 5.26. The lowest BCUT2D eigenvalue weighted by Crippen LogP contribution is -2.48. The summed E-state index contributed by atoms with van der Waals surface area (Å²) in [6.45, 7) is 4.41. The predicted octanol–water partition coefficient (Wildman–Crippen LogP) is 4.85. The van der Waals surface area contributed by atoms with Crippen LogP contribution >= 0.6 is 39.1 Å². The van der Waals surface area contributed by atoms with Gasteiger partial charge in [0, 0.05) is 27.6 Å². The van der Waals surface area contributed by atoms with Gasteiger partial charge in [0.2, 0.25) is 11.8 Å². The lowest BCUT2D eigenvalue weighted by Gasteiger charge is -2.29. The van der Waals surface area contributed by atoms with E-state index in [-0.39, 0.29) is 18.2 Å². The number of nitrogens with zero attached hydrogens (tertiary/aromatic N) is 1. The fourth-order valence-corrected chi connectivity index (χ4v) is 3.36. The summed E-state index contributed by atoms with van der Waals surface area (Å²) in [4.78, 5) is 26.9. The van der Waals surface area contributed by atoms with Crippen LogP contribution in [0.25, 0.3) is 0 Å². The maximum absolute atomic E-state index is 13.0. The Hall–Kier alpha value is -1.56. The minimum Gasteiger partial charge on any atom is -0.355 e. The molecule has 144 valence electrons. The van der Waals surface area contributed by atoms with Gasteiger partial charge in [-0.05, 0) is 49.2 Å². The molecule has 0 saturated heterocycles. The first-order valence-electron chi connectivity index (χ1n) is 8.57. The van der Waals surface area contributed by atoms with Crippen molar-refractivity contribution in [2.45, 2.75) is 32.9 Å². The number of halogens is 3. The molecule has 2 rings (SSSR count). The molecule has 0 aliphatic heterocycles. The third-order valence-electron chi connectivity index (χ3n) is 4.14. The number of amides is 2. The molecule has 0 radical (unpaired) electrons. The Labute approximate surface area is 178 Å². The molecule has 1 unspecified atom stereocenters. The van der Waals surface area contributed by atoms with Gasteiger partial charge in [0.05, 0.1) is 6.42 Å². The summed E-state index contributed by atoms with van der Waals surface area (Å²) in [5.74, 6) is -0.369. The fraction of sp³-hybridized carbons (Fsp3) is 0.300. The van der Waals surface area contributed by atoms with E-state index in [1.165, 1.54) is 0 Å². The van der Waals surface area contributed by atoms with Crippen molar-refractivity contribution in [1.29, 1.82) is 0 Å². The Morgan fingerprint density at radius 1 is 1.15 bits per heavy atom. The first kappa shape index (κ1) is 21.7. The van der Waals surface area contributed by atoms with Crippen LogP contribution in [0.5, 0.6) is 0 Å². The summed E-state index contributed by atoms with van der Waals surface area (Å²) in [6, 6.07) is 12.1. The average molecular weight is 472 g/mol. The molecule has 2 aromatic rings. The quantitative estimate of drug-likeness (QED) is 0.627. The zero-order chi connectivity index (χ0) is 20.0. The molecule has 2 amide bonds. The molecule has 0 spiro atoms. The first-order chi connectivity index (χ1) is 12.8. The Balaban J connectivity index is 2.25. The molecule has 0 aliphatic carbocycles.